The zero-order valence-corrected chi connectivity index (χ0v) is 26.0. The van der Waals surface area contributed by atoms with Crippen molar-refractivity contribution in [2.75, 3.05) is 0 Å². The van der Waals surface area contributed by atoms with Gasteiger partial charge in [0.15, 0.2) is 0 Å². The molecule has 0 aromatic heterocycles. The van der Waals surface area contributed by atoms with Gasteiger partial charge in [0, 0.05) is 0 Å². The van der Waals surface area contributed by atoms with Gasteiger partial charge in [0.05, 0.1) is 0 Å². The fraction of sp³-hybridized carbons (Fsp3) is 0.657. The molecule has 35 heavy (non-hydrogen) atoms. The normalized spacial score (nSPS) is 13.9. The van der Waals surface area contributed by atoms with E-state index in [0.717, 1.165) is 12.8 Å². The van der Waals surface area contributed by atoms with Crippen LogP contribution in [0, 0.1) is 0 Å². The lowest BCUT2D eigenvalue weighted by molar-refractivity contribution is 0.515. The van der Waals surface area contributed by atoms with Gasteiger partial charge in [-0.1, -0.05) is 134 Å². The first-order valence-electron chi connectivity index (χ1n) is 13.8. The van der Waals surface area contributed by atoms with E-state index >= 15 is 0 Å². The second-order valence-corrected chi connectivity index (χ2v) is 16.0. The Morgan fingerprint density at radius 3 is 1.31 bits per heavy atom. The van der Waals surface area contributed by atoms with Crippen molar-refractivity contribution >= 4 is 0 Å². The number of hydrogen-bond acceptors (Lipinski definition) is 0. The van der Waals surface area contributed by atoms with E-state index in [-0.39, 0.29) is 27.1 Å². The summed E-state index contributed by atoms with van der Waals surface area (Å²) < 4.78 is 0. The molecule has 196 valence electrons. The third-order valence-corrected chi connectivity index (χ3v) is 7.32. The van der Waals surface area contributed by atoms with E-state index in [2.05, 4.69) is 134 Å². The summed E-state index contributed by atoms with van der Waals surface area (Å²) in [7, 11) is 0. The predicted molar refractivity (Wildman–Crippen MR) is 158 cm³/mol. The molecule has 0 unspecified atom stereocenters. The largest absolute Gasteiger partial charge is 0.0585 e. The van der Waals surface area contributed by atoms with Gasteiger partial charge in [-0.2, -0.15) is 0 Å². The highest BCUT2D eigenvalue weighted by atomic mass is 14.3. The molecular formula is C35H56. The Morgan fingerprint density at radius 1 is 0.429 bits per heavy atom. The van der Waals surface area contributed by atoms with Crippen LogP contribution in [0.1, 0.15) is 149 Å². The second kappa shape index (κ2) is 9.72. The molecule has 0 bridgehead atoms. The number of aryl methyl sites for hydroxylation is 2. The first-order chi connectivity index (χ1) is 15.5. The van der Waals surface area contributed by atoms with Crippen LogP contribution in [0.3, 0.4) is 0 Å². The molecule has 2 rings (SSSR count). The Kier molecular flexibility index (Phi) is 8.24. The van der Waals surface area contributed by atoms with Gasteiger partial charge in [0.2, 0.25) is 0 Å². The Hall–Kier alpha value is -1.56. The maximum atomic E-state index is 2.53. The van der Waals surface area contributed by atoms with E-state index in [0.29, 0.717) is 0 Å². The molecule has 0 aliphatic rings. The molecule has 0 radical (unpaired) electrons. The summed E-state index contributed by atoms with van der Waals surface area (Å²) in [5.74, 6) is 0. The third-order valence-electron chi connectivity index (χ3n) is 7.32. The maximum Gasteiger partial charge on any atom is -0.0126 e. The molecule has 0 nitrogen and oxygen atoms in total. The minimum atomic E-state index is 0.124. The third kappa shape index (κ3) is 7.47. The Morgan fingerprint density at radius 2 is 0.886 bits per heavy atom. The van der Waals surface area contributed by atoms with Gasteiger partial charge in [-0.25, -0.2) is 0 Å². The number of hydrogen-bond donors (Lipinski definition) is 0. The first-order valence-corrected chi connectivity index (χ1v) is 13.8. The van der Waals surface area contributed by atoms with Crippen LogP contribution in [0.15, 0.2) is 30.3 Å². The van der Waals surface area contributed by atoms with Crippen molar-refractivity contribution in [1.29, 1.82) is 0 Å². The zero-order valence-electron chi connectivity index (χ0n) is 26.0. The molecule has 0 aliphatic heterocycles. The fourth-order valence-electron chi connectivity index (χ4n) is 5.24. The summed E-state index contributed by atoms with van der Waals surface area (Å²) in [5.41, 5.74) is 11.3. The zero-order chi connectivity index (χ0) is 27.2. The van der Waals surface area contributed by atoms with E-state index < -0.39 is 0 Å². The summed E-state index contributed by atoms with van der Waals surface area (Å²) >= 11 is 0. The minimum absolute atomic E-state index is 0.124. The molecule has 2 aromatic carbocycles. The number of benzene rings is 2. The Labute approximate surface area is 219 Å². The van der Waals surface area contributed by atoms with Gasteiger partial charge in [0.25, 0.3) is 0 Å². The molecule has 0 saturated carbocycles. The van der Waals surface area contributed by atoms with Crippen LogP contribution < -0.4 is 0 Å². The quantitative estimate of drug-likeness (QED) is 0.411. The number of rotatable bonds is 4. The van der Waals surface area contributed by atoms with E-state index in [4.69, 9.17) is 0 Å². The highest BCUT2D eigenvalue weighted by Gasteiger charge is 2.30. The second-order valence-electron chi connectivity index (χ2n) is 16.0. The lowest BCUT2D eigenvalue weighted by Crippen LogP contribution is -2.26. The molecule has 0 saturated heterocycles. The van der Waals surface area contributed by atoms with Crippen molar-refractivity contribution in [3.8, 4) is 0 Å². The van der Waals surface area contributed by atoms with Gasteiger partial charge >= 0.3 is 0 Å². The molecule has 0 fully saturated rings. The minimum Gasteiger partial charge on any atom is -0.0585 e. The van der Waals surface area contributed by atoms with Crippen molar-refractivity contribution in [2.45, 2.75) is 150 Å². The van der Waals surface area contributed by atoms with Gasteiger partial charge in [-0.3, -0.25) is 0 Å². The average molecular weight is 477 g/mol. The van der Waals surface area contributed by atoms with Crippen molar-refractivity contribution in [3.05, 3.63) is 69.3 Å². The summed E-state index contributed by atoms with van der Waals surface area (Å²) in [4.78, 5) is 0. The summed E-state index contributed by atoms with van der Waals surface area (Å²) in [5, 5.41) is 0. The van der Waals surface area contributed by atoms with Gasteiger partial charge < -0.3 is 0 Å². The smallest absolute Gasteiger partial charge is 0.0126 e. The Balaban J connectivity index is 2.52. The molecule has 2 aromatic rings. The van der Waals surface area contributed by atoms with Crippen LogP contribution in [0.5, 0.6) is 0 Å². The summed E-state index contributed by atoms with van der Waals surface area (Å²) in [6, 6.07) is 12.3. The first kappa shape index (κ1) is 29.7. The van der Waals surface area contributed by atoms with Gasteiger partial charge in [0.1, 0.15) is 0 Å². The van der Waals surface area contributed by atoms with Crippen molar-refractivity contribution in [2.24, 2.45) is 0 Å². The lowest BCUT2D eigenvalue weighted by atomic mass is 9.70. The van der Waals surface area contributed by atoms with E-state index in [1.54, 1.807) is 11.1 Å². The van der Waals surface area contributed by atoms with E-state index in [9.17, 15) is 0 Å². The predicted octanol–water partition coefficient (Wildman–Crippen LogP) is 10.3. The van der Waals surface area contributed by atoms with Gasteiger partial charge in [-0.15, -0.1) is 0 Å². The van der Waals surface area contributed by atoms with Crippen LogP contribution in [-0.2, 0) is 39.9 Å². The summed E-state index contributed by atoms with van der Waals surface area (Å²) in [6.45, 7) is 35.4. The van der Waals surface area contributed by atoms with Crippen molar-refractivity contribution in [1.82, 2.24) is 0 Å². The molecule has 0 heteroatoms. The molecule has 0 atom stereocenters. The molecule has 0 amide bonds. The van der Waals surface area contributed by atoms with Crippen LogP contribution >= 0.6 is 0 Å². The average Bonchev–Trinajstić information content (AvgIpc) is 2.63. The SMILES string of the molecule is CC(C)(C)c1ccc(CCCc2cc(C(C)(C)C)cc(C(C)(C)C)c2C(C)(C)C)c(C(C)(C)C)c1. The van der Waals surface area contributed by atoms with Crippen LogP contribution in [0.25, 0.3) is 0 Å². The maximum absolute atomic E-state index is 2.53. The summed E-state index contributed by atoms with van der Waals surface area (Å²) in [6.07, 6.45) is 3.44. The lowest BCUT2D eigenvalue weighted by Gasteiger charge is -2.35. The highest BCUT2D eigenvalue weighted by molar-refractivity contribution is 5.48. The van der Waals surface area contributed by atoms with Crippen LogP contribution in [0.2, 0.25) is 0 Å². The van der Waals surface area contributed by atoms with Crippen molar-refractivity contribution < 1.29 is 0 Å². The molecule has 0 N–H and O–H groups in total. The van der Waals surface area contributed by atoms with Crippen LogP contribution in [0.4, 0.5) is 0 Å². The highest BCUT2D eigenvalue weighted by Crippen LogP contribution is 2.40. The van der Waals surface area contributed by atoms with Gasteiger partial charge in [-0.05, 0) is 85.3 Å². The van der Waals surface area contributed by atoms with Crippen LogP contribution in [-0.4, -0.2) is 0 Å². The monoisotopic (exact) mass is 476 g/mol. The topological polar surface area (TPSA) is 0 Å². The van der Waals surface area contributed by atoms with Crippen molar-refractivity contribution in [3.63, 3.8) is 0 Å². The molecule has 0 spiro atoms. The molecule has 0 aliphatic carbocycles. The Bertz CT molecular complexity index is 1010. The standard InChI is InChI=1S/C35H56/c1-31(2,3)26-20-19-24(28(22-26)33(7,8)9)17-16-18-25-21-27(32(4,5)6)23-29(34(10,11)12)30(25)35(13,14)15/h19-23H,16-18H2,1-15H3. The molecular weight excluding hydrogens is 420 g/mol. The molecule has 0 heterocycles. The van der Waals surface area contributed by atoms with E-state index in [1.807, 2.05) is 0 Å². The van der Waals surface area contributed by atoms with E-state index in [1.165, 1.54) is 34.2 Å². The fourth-order valence-corrected chi connectivity index (χ4v) is 5.24.